The Balaban J connectivity index is 2.39. The number of rotatable bonds is 2. The topological polar surface area (TPSA) is 57.6 Å². The molecule has 1 unspecified atom stereocenters. The van der Waals surface area contributed by atoms with Gasteiger partial charge in [0.2, 0.25) is 0 Å². The van der Waals surface area contributed by atoms with Gasteiger partial charge >= 0.3 is 5.97 Å². The zero-order valence-corrected chi connectivity index (χ0v) is 12.4. The molecular weight excluding hydrogens is 345 g/mol. The molecule has 0 fully saturated rings. The number of aryl methyl sites for hydroxylation is 1. The molecule has 1 heterocycles. The van der Waals surface area contributed by atoms with Crippen LogP contribution >= 0.6 is 22.6 Å². The Morgan fingerprint density at radius 1 is 1.50 bits per heavy atom. The van der Waals surface area contributed by atoms with E-state index in [1.54, 1.807) is 6.92 Å². The van der Waals surface area contributed by atoms with Crippen molar-refractivity contribution in [3.05, 3.63) is 32.4 Å². The Kier molecular flexibility index (Phi) is 3.61. The fourth-order valence-corrected chi connectivity index (χ4v) is 2.61. The summed E-state index contributed by atoms with van der Waals surface area (Å²) in [5.41, 5.74) is 2.82. The summed E-state index contributed by atoms with van der Waals surface area (Å²) in [5, 5.41) is 9.00. The number of halogens is 1. The number of aliphatic carboxylic acids is 1. The van der Waals surface area contributed by atoms with Gasteiger partial charge in [0, 0.05) is 15.7 Å². The molecule has 1 atom stereocenters. The number of benzene rings is 1. The highest BCUT2D eigenvalue weighted by Crippen LogP contribution is 2.25. The quantitative estimate of drug-likeness (QED) is 0.823. The zero-order valence-electron chi connectivity index (χ0n) is 10.2. The van der Waals surface area contributed by atoms with E-state index in [0.717, 1.165) is 21.1 Å². The van der Waals surface area contributed by atoms with Crippen LogP contribution < -0.4 is 0 Å². The van der Waals surface area contributed by atoms with Crippen LogP contribution in [0.5, 0.6) is 0 Å². The number of nitrogens with zero attached hydrogens (tertiary/aromatic N) is 1. The molecule has 1 N–H and O–H groups in total. The minimum atomic E-state index is -0.964. The summed E-state index contributed by atoms with van der Waals surface area (Å²) in [6.07, 6.45) is 0.719. The Morgan fingerprint density at radius 3 is 2.78 bits per heavy atom. The van der Waals surface area contributed by atoms with Crippen LogP contribution in [0, 0.1) is 10.5 Å². The molecule has 0 bridgehead atoms. The van der Waals surface area contributed by atoms with Crippen molar-refractivity contribution in [1.82, 2.24) is 4.90 Å². The molecule has 1 aliphatic heterocycles. The van der Waals surface area contributed by atoms with Crippen molar-refractivity contribution in [2.45, 2.75) is 26.3 Å². The first-order chi connectivity index (χ1) is 8.41. The van der Waals surface area contributed by atoms with Gasteiger partial charge in [0.05, 0.1) is 0 Å². The molecule has 0 saturated heterocycles. The second-order valence-corrected chi connectivity index (χ2v) is 5.68. The van der Waals surface area contributed by atoms with Gasteiger partial charge < -0.3 is 10.0 Å². The summed E-state index contributed by atoms with van der Waals surface area (Å²) < 4.78 is 1.03. The number of hydrogen-bond acceptors (Lipinski definition) is 2. The Morgan fingerprint density at radius 2 is 2.17 bits per heavy atom. The maximum atomic E-state index is 12.3. The average Bonchev–Trinajstić information content (AvgIpc) is 2.31. The highest BCUT2D eigenvalue weighted by molar-refractivity contribution is 14.1. The molecule has 0 aromatic heterocycles. The minimum Gasteiger partial charge on any atom is -0.480 e. The Labute approximate surface area is 119 Å². The van der Waals surface area contributed by atoms with E-state index < -0.39 is 12.0 Å². The lowest BCUT2D eigenvalue weighted by molar-refractivity contribution is -0.141. The highest BCUT2D eigenvalue weighted by atomic mass is 127. The first kappa shape index (κ1) is 13.3. The standard InChI is InChI=1S/C13H14INO3/c1-7-5-9-3-4-15(8(2)13(17)18)12(16)10(9)6-11(7)14/h5-6,8H,3-4H2,1-2H3,(H,17,18). The minimum absolute atomic E-state index is 0.177. The molecule has 96 valence electrons. The van der Waals surface area contributed by atoms with Gasteiger partial charge in [-0.05, 0) is 60.1 Å². The third kappa shape index (κ3) is 2.23. The van der Waals surface area contributed by atoms with Crippen LogP contribution in [-0.2, 0) is 11.2 Å². The Hall–Kier alpha value is -1.11. The second-order valence-electron chi connectivity index (χ2n) is 4.52. The van der Waals surface area contributed by atoms with Crippen molar-refractivity contribution >= 4 is 34.5 Å². The highest BCUT2D eigenvalue weighted by Gasteiger charge is 2.31. The van der Waals surface area contributed by atoms with Gasteiger partial charge in [-0.25, -0.2) is 4.79 Å². The lowest BCUT2D eigenvalue weighted by Crippen LogP contribution is -2.47. The fourth-order valence-electron chi connectivity index (χ4n) is 2.15. The van der Waals surface area contributed by atoms with Crippen LogP contribution in [0.2, 0.25) is 0 Å². The summed E-state index contributed by atoms with van der Waals surface area (Å²) in [4.78, 5) is 24.7. The molecular formula is C13H14INO3. The molecule has 1 aromatic carbocycles. The van der Waals surface area contributed by atoms with Crippen LogP contribution in [0.4, 0.5) is 0 Å². The van der Waals surface area contributed by atoms with Crippen molar-refractivity contribution in [1.29, 1.82) is 0 Å². The van der Waals surface area contributed by atoms with E-state index in [9.17, 15) is 9.59 Å². The van der Waals surface area contributed by atoms with Crippen LogP contribution in [0.15, 0.2) is 12.1 Å². The molecule has 0 saturated carbocycles. The molecule has 18 heavy (non-hydrogen) atoms. The molecule has 0 spiro atoms. The van der Waals surface area contributed by atoms with Gasteiger partial charge in [0.15, 0.2) is 0 Å². The normalized spacial score (nSPS) is 16.4. The monoisotopic (exact) mass is 359 g/mol. The molecule has 0 aliphatic carbocycles. The van der Waals surface area contributed by atoms with Crippen molar-refractivity contribution in [2.24, 2.45) is 0 Å². The van der Waals surface area contributed by atoms with Crippen molar-refractivity contribution in [3.8, 4) is 0 Å². The maximum Gasteiger partial charge on any atom is 0.326 e. The largest absolute Gasteiger partial charge is 0.480 e. The van der Waals surface area contributed by atoms with Gasteiger partial charge in [-0.3, -0.25) is 4.79 Å². The van der Waals surface area contributed by atoms with Gasteiger partial charge in [0.25, 0.3) is 5.91 Å². The number of fused-ring (bicyclic) bond motifs is 1. The lowest BCUT2D eigenvalue weighted by Gasteiger charge is -2.31. The average molecular weight is 359 g/mol. The van der Waals surface area contributed by atoms with Gasteiger partial charge in [-0.15, -0.1) is 0 Å². The molecule has 1 aliphatic rings. The van der Waals surface area contributed by atoms with Crippen molar-refractivity contribution < 1.29 is 14.7 Å². The number of amides is 1. The van der Waals surface area contributed by atoms with Crippen LogP contribution in [0.25, 0.3) is 0 Å². The number of carbonyl (C=O) groups excluding carboxylic acids is 1. The van der Waals surface area contributed by atoms with E-state index in [4.69, 9.17) is 5.11 Å². The first-order valence-corrected chi connectivity index (χ1v) is 6.82. The molecule has 2 rings (SSSR count). The predicted molar refractivity (Wildman–Crippen MR) is 75.7 cm³/mol. The molecule has 1 amide bonds. The van der Waals surface area contributed by atoms with Gasteiger partial charge in [-0.2, -0.15) is 0 Å². The summed E-state index contributed by atoms with van der Waals surface area (Å²) in [5.74, 6) is -1.14. The second kappa shape index (κ2) is 4.87. The molecule has 1 aromatic rings. The number of carbonyl (C=O) groups is 2. The van der Waals surface area contributed by atoms with Crippen molar-refractivity contribution in [3.63, 3.8) is 0 Å². The number of hydrogen-bond donors (Lipinski definition) is 1. The van der Waals surface area contributed by atoms with E-state index in [1.807, 2.05) is 19.1 Å². The number of carboxylic acid groups (broad SMARTS) is 1. The lowest BCUT2D eigenvalue weighted by atomic mass is 9.96. The fraction of sp³-hybridized carbons (Fsp3) is 0.385. The van der Waals surface area contributed by atoms with Gasteiger partial charge in [-0.1, -0.05) is 6.07 Å². The summed E-state index contributed by atoms with van der Waals surface area (Å²) in [6.45, 7) is 4.03. The molecule has 5 heteroatoms. The van der Waals surface area contributed by atoms with Crippen LogP contribution in [-0.4, -0.2) is 34.5 Å². The number of carboxylic acids is 1. The summed E-state index contributed by atoms with van der Waals surface area (Å²) in [7, 11) is 0. The molecule has 0 radical (unpaired) electrons. The van der Waals surface area contributed by atoms with E-state index in [2.05, 4.69) is 22.6 Å². The smallest absolute Gasteiger partial charge is 0.326 e. The molecule has 4 nitrogen and oxygen atoms in total. The SMILES string of the molecule is Cc1cc2c(cc1I)C(=O)N(C(C)C(=O)O)CC2. The van der Waals surface area contributed by atoms with Gasteiger partial charge in [0.1, 0.15) is 6.04 Å². The first-order valence-electron chi connectivity index (χ1n) is 5.74. The maximum absolute atomic E-state index is 12.3. The van der Waals surface area contributed by atoms with E-state index in [1.165, 1.54) is 4.90 Å². The Bertz CT molecular complexity index is 527. The zero-order chi connectivity index (χ0) is 13.4. The van der Waals surface area contributed by atoms with Crippen LogP contribution in [0.1, 0.15) is 28.4 Å². The van der Waals surface area contributed by atoms with E-state index in [-0.39, 0.29) is 5.91 Å². The van der Waals surface area contributed by atoms with Crippen molar-refractivity contribution in [2.75, 3.05) is 6.54 Å². The summed E-state index contributed by atoms with van der Waals surface area (Å²) in [6, 6.07) is 3.11. The third-order valence-electron chi connectivity index (χ3n) is 3.32. The van der Waals surface area contributed by atoms with Crippen LogP contribution in [0.3, 0.4) is 0 Å². The third-order valence-corrected chi connectivity index (χ3v) is 4.48. The summed E-state index contributed by atoms with van der Waals surface area (Å²) >= 11 is 2.19. The van der Waals surface area contributed by atoms with E-state index in [0.29, 0.717) is 12.1 Å². The van der Waals surface area contributed by atoms with E-state index >= 15 is 0 Å². The predicted octanol–water partition coefficient (Wildman–Crippen LogP) is 2.07.